The summed E-state index contributed by atoms with van der Waals surface area (Å²) >= 11 is 0. The number of aromatic hydroxyl groups is 2. The van der Waals surface area contributed by atoms with Gasteiger partial charge in [-0.05, 0) is 29.8 Å². The average molecular weight is 301 g/mol. The predicted octanol–water partition coefficient (Wildman–Crippen LogP) is 1.77. The van der Waals surface area contributed by atoms with E-state index in [0.29, 0.717) is 5.56 Å². The molecule has 2 rings (SSSR count). The first-order valence-corrected chi connectivity index (χ1v) is 6.07. The lowest BCUT2D eigenvalue weighted by atomic mass is 10.2. The topological polar surface area (TPSA) is 125 Å². The highest BCUT2D eigenvalue weighted by molar-refractivity contribution is 5.95. The van der Waals surface area contributed by atoms with Crippen molar-refractivity contribution in [1.29, 1.82) is 0 Å². The quantitative estimate of drug-likeness (QED) is 0.343. The fraction of sp³-hybridized carbons (Fsp3) is 0. The van der Waals surface area contributed by atoms with Gasteiger partial charge in [0.15, 0.2) is 11.5 Å². The number of nitro benzene ring substituents is 1. The average Bonchev–Trinajstić information content (AvgIpc) is 2.51. The fourth-order valence-electron chi connectivity index (χ4n) is 1.61. The molecule has 0 aliphatic heterocycles. The Hall–Kier alpha value is -3.42. The third kappa shape index (κ3) is 3.57. The van der Waals surface area contributed by atoms with E-state index in [1.54, 1.807) is 0 Å². The van der Waals surface area contributed by atoms with Crippen molar-refractivity contribution in [3.8, 4) is 11.5 Å². The number of non-ortho nitro benzene ring substituents is 1. The SMILES string of the molecule is O=C(N/N=C\c1ccc(O)c(O)c1)c1cccc([N+](=O)[O-])c1. The van der Waals surface area contributed by atoms with Crippen LogP contribution in [0.25, 0.3) is 0 Å². The van der Waals surface area contributed by atoms with E-state index < -0.39 is 10.8 Å². The van der Waals surface area contributed by atoms with Crippen LogP contribution in [0.5, 0.6) is 11.5 Å². The van der Waals surface area contributed by atoms with E-state index in [9.17, 15) is 20.0 Å². The minimum Gasteiger partial charge on any atom is -0.504 e. The lowest BCUT2D eigenvalue weighted by molar-refractivity contribution is -0.384. The monoisotopic (exact) mass is 301 g/mol. The number of phenols is 2. The maximum absolute atomic E-state index is 11.8. The zero-order chi connectivity index (χ0) is 16.1. The fourth-order valence-corrected chi connectivity index (χ4v) is 1.61. The predicted molar refractivity (Wildman–Crippen MR) is 77.9 cm³/mol. The van der Waals surface area contributed by atoms with Gasteiger partial charge >= 0.3 is 0 Å². The Kier molecular flexibility index (Phi) is 4.33. The van der Waals surface area contributed by atoms with Gasteiger partial charge in [0.1, 0.15) is 0 Å². The second-order valence-corrected chi connectivity index (χ2v) is 4.25. The van der Waals surface area contributed by atoms with E-state index >= 15 is 0 Å². The van der Waals surface area contributed by atoms with Crippen LogP contribution < -0.4 is 5.43 Å². The van der Waals surface area contributed by atoms with Crippen molar-refractivity contribution in [2.24, 2.45) is 5.10 Å². The summed E-state index contributed by atoms with van der Waals surface area (Å²) < 4.78 is 0. The molecular weight excluding hydrogens is 290 g/mol. The molecule has 0 bridgehead atoms. The normalized spacial score (nSPS) is 10.5. The molecule has 0 aromatic heterocycles. The van der Waals surface area contributed by atoms with Gasteiger partial charge in [-0.2, -0.15) is 5.10 Å². The van der Waals surface area contributed by atoms with E-state index in [1.165, 1.54) is 42.6 Å². The number of amides is 1. The number of carbonyl (C=O) groups is 1. The molecule has 2 aromatic rings. The molecule has 22 heavy (non-hydrogen) atoms. The molecule has 1 amide bonds. The van der Waals surface area contributed by atoms with Gasteiger partial charge in [0, 0.05) is 17.7 Å². The van der Waals surface area contributed by atoms with Gasteiger partial charge in [-0.15, -0.1) is 0 Å². The first kappa shape index (κ1) is 15.0. The van der Waals surface area contributed by atoms with Gasteiger partial charge < -0.3 is 10.2 Å². The molecule has 0 aliphatic carbocycles. The number of phenolic OH excluding ortho intramolecular Hbond substituents is 2. The summed E-state index contributed by atoms with van der Waals surface area (Å²) in [7, 11) is 0. The van der Waals surface area contributed by atoms with Crippen molar-refractivity contribution in [1.82, 2.24) is 5.43 Å². The van der Waals surface area contributed by atoms with Crippen molar-refractivity contribution in [3.05, 3.63) is 63.7 Å². The van der Waals surface area contributed by atoms with E-state index in [4.69, 9.17) is 5.11 Å². The van der Waals surface area contributed by atoms with Gasteiger partial charge in [-0.1, -0.05) is 6.07 Å². The first-order chi connectivity index (χ1) is 10.5. The molecule has 2 aromatic carbocycles. The molecule has 0 atom stereocenters. The highest BCUT2D eigenvalue weighted by Crippen LogP contribution is 2.23. The maximum Gasteiger partial charge on any atom is 0.271 e. The molecule has 0 aliphatic rings. The molecular formula is C14H11N3O5. The number of nitrogens with one attached hydrogen (secondary N) is 1. The van der Waals surface area contributed by atoms with Gasteiger partial charge in [0.25, 0.3) is 11.6 Å². The number of hydrazone groups is 1. The second kappa shape index (κ2) is 6.35. The molecule has 112 valence electrons. The van der Waals surface area contributed by atoms with Crippen LogP contribution in [0.15, 0.2) is 47.6 Å². The highest BCUT2D eigenvalue weighted by Gasteiger charge is 2.10. The lowest BCUT2D eigenvalue weighted by Gasteiger charge is -2.00. The molecule has 8 heteroatoms. The molecule has 0 saturated heterocycles. The van der Waals surface area contributed by atoms with E-state index in [2.05, 4.69) is 10.5 Å². The Morgan fingerprint density at radius 1 is 1.18 bits per heavy atom. The van der Waals surface area contributed by atoms with Crippen LogP contribution in [0.2, 0.25) is 0 Å². The number of benzene rings is 2. The largest absolute Gasteiger partial charge is 0.504 e. The van der Waals surface area contributed by atoms with Gasteiger partial charge in [0.2, 0.25) is 0 Å². The third-order valence-electron chi connectivity index (χ3n) is 2.70. The number of carbonyl (C=O) groups excluding carboxylic acids is 1. The van der Waals surface area contributed by atoms with Crippen molar-refractivity contribution < 1.29 is 19.9 Å². The van der Waals surface area contributed by atoms with E-state index in [-0.39, 0.29) is 22.7 Å². The van der Waals surface area contributed by atoms with Crippen molar-refractivity contribution >= 4 is 17.8 Å². The Balaban J connectivity index is 2.06. The molecule has 8 nitrogen and oxygen atoms in total. The summed E-state index contributed by atoms with van der Waals surface area (Å²) in [5, 5.41) is 32.8. The van der Waals surface area contributed by atoms with E-state index in [1.807, 2.05) is 0 Å². The first-order valence-electron chi connectivity index (χ1n) is 6.07. The van der Waals surface area contributed by atoms with Crippen LogP contribution in [0, 0.1) is 10.1 Å². The minimum absolute atomic E-state index is 0.0971. The van der Waals surface area contributed by atoms with Crippen LogP contribution >= 0.6 is 0 Å². The van der Waals surface area contributed by atoms with Gasteiger partial charge in [-0.3, -0.25) is 14.9 Å². The standard InChI is InChI=1S/C14H11N3O5/c18-12-5-4-9(6-13(12)19)8-15-16-14(20)10-2-1-3-11(7-10)17(21)22/h1-8,18-19H,(H,16,20)/b15-8-. The Morgan fingerprint density at radius 2 is 1.95 bits per heavy atom. The summed E-state index contributed by atoms with van der Waals surface area (Å²) in [5.41, 5.74) is 2.57. The van der Waals surface area contributed by atoms with Crippen molar-refractivity contribution in [3.63, 3.8) is 0 Å². The Morgan fingerprint density at radius 3 is 2.64 bits per heavy atom. The zero-order valence-electron chi connectivity index (χ0n) is 11.1. The highest BCUT2D eigenvalue weighted by atomic mass is 16.6. The summed E-state index contributed by atoms with van der Waals surface area (Å²) in [5.74, 6) is -1.19. The number of rotatable bonds is 4. The summed E-state index contributed by atoms with van der Waals surface area (Å²) in [6.07, 6.45) is 1.26. The lowest BCUT2D eigenvalue weighted by Crippen LogP contribution is -2.17. The molecule has 0 fully saturated rings. The second-order valence-electron chi connectivity index (χ2n) is 4.25. The van der Waals surface area contributed by atoms with Crippen LogP contribution in [-0.2, 0) is 0 Å². The van der Waals surface area contributed by atoms with Crippen molar-refractivity contribution in [2.45, 2.75) is 0 Å². The Bertz CT molecular complexity index is 758. The summed E-state index contributed by atoms with van der Waals surface area (Å²) in [6, 6.07) is 9.25. The number of nitrogens with zero attached hydrogens (tertiary/aromatic N) is 2. The molecule has 0 saturated carbocycles. The van der Waals surface area contributed by atoms with Gasteiger partial charge in [0.05, 0.1) is 11.1 Å². The van der Waals surface area contributed by atoms with Gasteiger partial charge in [-0.25, -0.2) is 5.43 Å². The molecule has 0 heterocycles. The number of hydrogen-bond donors (Lipinski definition) is 3. The minimum atomic E-state index is -0.608. The molecule has 0 unspecified atom stereocenters. The van der Waals surface area contributed by atoms with Crippen molar-refractivity contribution in [2.75, 3.05) is 0 Å². The Labute approximate surface area is 124 Å². The van der Waals surface area contributed by atoms with Crippen LogP contribution in [0.3, 0.4) is 0 Å². The van der Waals surface area contributed by atoms with E-state index in [0.717, 1.165) is 6.07 Å². The summed E-state index contributed by atoms with van der Waals surface area (Å²) in [4.78, 5) is 21.8. The third-order valence-corrected chi connectivity index (χ3v) is 2.70. The smallest absolute Gasteiger partial charge is 0.271 e. The van der Waals surface area contributed by atoms with Crippen LogP contribution in [-0.4, -0.2) is 27.3 Å². The molecule has 3 N–H and O–H groups in total. The maximum atomic E-state index is 11.8. The van der Waals surface area contributed by atoms with Crippen LogP contribution in [0.4, 0.5) is 5.69 Å². The van der Waals surface area contributed by atoms with Crippen LogP contribution in [0.1, 0.15) is 15.9 Å². The number of hydrogen-bond acceptors (Lipinski definition) is 6. The number of nitro groups is 1. The molecule has 0 spiro atoms. The molecule has 0 radical (unpaired) electrons. The summed E-state index contributed by atoms with van der Waals surface area (Å²) in [6.45, 7) is 0. The zero-order valence-corrected chi connectivity index (χ0v) is 11.1.